The van der Waals surface area contributed by atoms with Crippen LogP contribution in [0.15, 0.2) is 0 Å². The van der Waals surface area contributed by atoms with Gasteiger partial charge in [-0.2, -0.15) is 0 Å². The Hall–Kier alpha value is -1.10. The maximum Gasteiger partial charge on any atom is 0.305 e. The average Bonchev–Trinajstić information content (AvgIpc) is 2.00. The van der Waals surface area contributed by atoms with Gasteiger partial charge < -0.3 is 16.2 Å². The van der Waals surface area contributed by atoms with Crippen LogP contribution in [0.5, 0.6) is 0 Å². The maximum absolute atomic E-state index is 10.7. The number of esters is 1. The van der Waals surface area contributed by atoms with Gasteiger partial charge in [-0.05, 0) is 6.42 Å². The Morgan fingerprint density at radius 3 is 2.50 bits per heavy atom. The van der Waals surface area contributed by atoms with Gasteiger partial charge in [-0.25, -0.2) is 0 Å². The molecule has 1 amide bonds. The van der Waals surface area contributed by atoms with E-state index in [-0.39, 0.29) is 12.6 Å². The molecule has 0 fully saturated rings. The molecule has 0 saturated heterocycles. The first-order chi connectivity index (χ1) is 5.57. The molecule has 1 atom stereocenters. The third-order valence-corrected chi connectivity index (χ3v) is 1.24. The second-order valence-corrected chi connectivity index (χ2v) is 2.44. The molecule has 5 heteroatoms. The summed E-state index contributed by atoms with van der Waals surface area (Å²) >= 11 is 0. The molecule has 0 unspecified atom stereocenters. The molecule has 0 saturated carbocycles. The third-order valence-electron chi connectivity index (χ3n) is 1.24. The van der Waals surface area contributed by atoms with Gasteiger partial charge in [0.1, 0.15) is 12.6 Å². The monoisotopic (exact) mass is 174 g/mol. The third kappa shape index (κ3) is 4.68. The molecule has 0 spiro atoms. The van der Waals surface area contributed by atoms with Gasteiger partial charge in [0.05, 0.1) is 0 Å². The van der Waals surface area contributed by atoms with Crippen molar-refractivity contribution in [2.45, 2.75) is 25.8 Å². The van der Waals surface area contributed by atoms with Crippen molar-refractivity contribution in [3.8, 4) is 0 Å². The van der Waals surface area contributed by atoms with Crippen molar-refractivity contribution >= 4 is 11.9 Å². The molecule has 0 aliphatic heterocycles. The van der Waals surface area contributed by atoms with E-state index in [1.54, 1.807) is 0 Å². The predicted octanol–water partition coefficient (Wildman–Crippen LogP) is -0.858. The first kappa shape index (κ1) is 10.9. The first-order valence-electron chi connectivity index (χ1n) is 3.78. The van der Waals surface area contributed by atoms with Gasteiger partial charge >= 0.3 is 5.97 Å². The quantitative estimate of drug-likeness (QED) is 0.530. The Labute approximate surface area is 71.0 Å². The summed E-state index contributed by atoms with van der Waals surface area (Å²) in [6.45, 7) is 1.73. The van der Waals surface area contributed by atoms with Crippen LogP contribution in [0.25, 0.3) is 0 Å². The number of rotatable bonds is 5. The van der Waals surface area contributed by atoms with Gasteiger partial charge in [0, 0.05) is 6.42 Å². The lowest BCUT2D eigenvalue weighted by Crippen LogP contribution is -2.40. The lowest BCUT2D eigenvalue weighted by Gasteiger charge is -2.07. The molecule has 0 radical (unpaired) electrons. The van der Waals surface area contributed by atoms with Crippen molar-refractivity contribution in [1.82, 2.24) is 0 Å². The molecule has 0 aromatic rings. The number of hydrogen-bond donors (Lipinski definition) is 2. The van der Waals surface area contributed by atoms with Crippen molar-refractivity contribution in [2.75, 3.05) is 6.61 Å². The molecule has 0 aromatic carbocycles. The summed E-state index contributed by atoms with van der Waals surface area (Å²) in [5, 5.41) is 0. The second kappa shape index (κ2) is 5.54. The van der Waals surface area contributed by atoms with Crippen LogP contribution in [0, 0.1) is 0 Å². The molecule has 0 rings (SSSR count). The minimum absolute atomic E-state index is 0.131. The van der Waals surface area contributed by atoms with Crippen LogP contribution >= 0.6 is 0 Å². The fraction of sp³-hybridized carbons (Fsp3) is 0.714. The molecule has 0 aliphatic rings. The highest BCUT2D eigenvalue weighted by atomic mass is 16.5. The summed E-state index contributed by atoms with van der Waals surface area (Å²) in [5.74, 6) is -1.02. The van der Waals surface area contributed by atoms with E-state index in [9.17, 15) is 9.59 Å². The minimum atomic E-state index is -0.897. The highest BCUT2D eigenvalue weighted by molar-refractivity contribution is 5.80. The fourth-order valence-electron chi connectivity index (χ4n) is 0.541. The zero-order valence-corrected chi connectivity index (χ0v) is 7.08. The van der Waals surface area contributed by atoms with Gasteiger partial charge in [-0.1, -0.05) is 6.92 Å². The van der Waals surface area contributed by atoms with Gasteiger partial charge in [0.2, 0.25) is 5.91 Å². The molecule has 70 valence electrons. The summed E-state index contributed by atoms with van der Waals surface area (Å²) in [7, 11) is 0. The van der Waals surface area contributed by atoms with E-state index >= 15 is 0 Å². The predicted molar refractivity (Wildman–Crippen MR) is 43.0 cm³/mol. The molecule has 0 bridgehead atoms. The van der Waals surface area contributed by atoms with E-state index in [0.717, 1.165) is 0 Å². The van der Waals surface area contributed by atoms with Gasteiger partial charge in [0.15, 0.2) is 0 Å². The van der Waals surface area contributed by atoms with Crippen LogP contribution in [-0.2, 0) is 14.3 Å². The summed E-state index contributed by atoms with van der Waals surface area (Å²) in [4.78, 5) is 21.1. The summed E-state index contributed by atoms with van der Waals surface area (Å²) in [6, 6.07) is -0.897. The van der Waals surface area contributed by atoms with Crippen molar-refractivity contribution in [1.29, 1.82) is 0 Å². The lowest BCUT2D eigenvalue weighted by molar-refractivity contribution is -0.144. The Morgan fingerprint density at radius 1 is 1.50 bits per heavy atom. The molecule has 5 nitrogen and oxygen atoms in total. The van der Waals surface area contributed by atoms with Crippen LogP contribution in [0.1, 0.15) is 19.8 Å². The van der Waals surface area contributed by atoms with E-state index in [1.807, 2.05) is 6.92 Å². The normalized spacial score (nSPS) is 12.2. The Morgan fingerprint density at radius 2 is 2.08 bits per heavy atom. The molecular weight excluding hydrogens is 160 g/mol. The van der Waals surface area contributed by atoms with Gasteiger partial charge in [-0.15, -0.1) is 0 Å². The van der Waals surface area contributed by atoms with Crippen LogP contribution < -0.4 is 11.5 Å². The molecule has 0 heterocycles. The largest absolute Gasteiger partial charge is 0.463 e. The highest BCUT2D eigenvalue weighted by Gasteiger charge is 2.11. The highest BCUT2D eigenvalue weighted by Crippen LogP contribution is 1.91. The number of carbonyl (C=O) groups is 2. The summed E-state index contributed by atoms with van der Waals surface area (Å²) in [5.41, 5.74) is 10.1. The van der Waals surface area contributed by atoms with Crippen molar-refractivity contribution in [2.24, 2.45) is 11.5 Å². The first-order valence-corrected chi connectivity index (χ1v) is 3.78. The molecule has 12 heavy (non-hydrogen) atoms. The van der Waals surface area contributed by atoms with E-state index in [4.69, 9.17) is 11.5 Å². The van der Waals surface area contributed by atoms with Crippen LogP contribution in [0.2, 0.25) is 0 Å². The van der Waals surface area contributed by atoms with Crippen LogP contribution in [0.3, 0.4) is 0 Å². The van der Waals surface area contributed by atoms with Crippen molar-refractivity contribution in [3.63, 3.8) is 0 Å². The number of amides is 1. The summed E-state index contributed by atoms with van der Waals surface area (Å²) in [6.07, 6.45) is 1.05. The fourth-order valence-corrected chi connectivity index (χ4v) is 0.541. The van der Waals surface area contributed by atoms with Gasteiger partial charge in [-0.3, -0.25) is 9.59 Å². The lowest BCUT2D eigenvalue weighted by atomic mass is 10.3. The Kier molecular flexibility index (Phi) is 5.03. The molecular formula is C7H14N2O3. The standard InChI is InChI=1S/C7H14N2O3/c1-2-3-6(10)12-4-5(8)7(9)11/h5H,2-4,8H2,1H3,(H2,9,11)/t5-/m1/s1. The summed E-state index contributed by atoms with van der Waals surface area (Å²) < 4.78 is 4.64. The Bertz CT molecular complexity index is 170. The molecule has 0 aromatic heterocycles. The van der Waals surface area contributed by atoms with E-state index in [2.05, 4.69) is 4.74 Å². The van der Waals surface area contributed by atoms with Crippen molar-refractivity contribution in [3.05, 3.63) is 0 Å². The van der Waals surface area contributed by atoms with E-state index in [1.165, 1.54) is 0 Å². The zero-order chi connectivity index (χ0) is 9.56. The van der Waals surface area contributed by atoms with E-state index in [0.29, 0.717) is 12.8 Å². The van der Waals surface area contributed by atoms with Crippen LogP contribution in [0.4, 0.5) is 0 Å². The molecule has 0 aliphatic carbocycles. The number of carbonyl (C=O) groups excluding carboxylic acids is 2. The smallest absolute Gasteiger partial charge is 0.305 e. The van der Waals surface area contributed by atoms with Gasteiger partial charge in [0.25, 0.3) is 0 Å². The van der Waals surface area contributed by atoms with Crippen molar-refractivity contribution < 1.29 is 14.3 Å². The number of nitrogens with two attached hydrogens (primary N) is 2. The average molecular weight is 174 g/mol. The number of ether oxygens (including phenoxy) is 1. The minimum Gasteiger partial charge on any atom is -0.463 e. The van der Waals surface area contributed by atoms with E-state index < -0.39 is 11.9 Å². The maximum atomic E-state index is 10.7. The SMILES string of the molecule is CCCC(=O)OC[C@@H](N)C(N)=O. The molecule has 4 N–H and O–H groups in total. The van der Waals surface area contributed by atoms with Crippen LogP contribution in [-0.4, -0.2) is 24.5 Å². The number of hydrogen-bond acceptors (Lipinski definition) is 4. The topological polar surface area (TPSA) is 95.4 Å². The Balaban J connectivity index is 3.54. The second-order valence-electron chi connectivity index (χ2n) is 2.44. The zero-order valence-electron chi connectivity index (χ0n) is 7.08. The number of primary amides is 1.